The van der Waals surface area contributed by atoms with Crippen LogP contribution in [0.3, 0.4) is 0 Å². The SMILES string of the molecule is CC(C)(C)c1ncc(C2CC(=O)Nc3ccc4cn[nH]c4c32)cn1. The molecule has 1 aliphatic rings. The van der Waals surface area contributed by atoms with Gasteiger partial charge in [-0.15, -0.1) is 0 Å². The minimum absolute atomic E-state index is 0.00580. The van der Waals surface area contributed by atoms with Crippen molar-refractivity contribution in [2.75, 3.05) is 5.32 Å². The van der Waals surface area contributed by atoms with Crippen molar-refractivity contribution in [1.82, 2.24) is 20.2 Å². The Morgan fingerprint density at radius 2 is 1.88 bits per heavy atom. The smallest absolute Gasteiger partial charge is 0.225 e. The van der Waals surface area contributed by atoms with Gasteiger partial charge in [-0.05, 0) is 17.7 Å². The number of H-pyrrole nitrogens is 1. The molecule has 1 unspecified atom stereocenters. The Kier molecular flexibility index (Phi) is 3.16. The van der Waals surface area contributed by atoms with Crippen LogP contribution in [-0.2, 0) is 10.2 Å². The van der Waals surface area contributed by atoms with Gasteiger partial charge in [-0.2, -0.15) is 5.10 Å². The van der Waals surface area contributed by atoms with Gasteiger partial charge in [0.15, 0.2) is 0 Å². The van der Waals surface area contributed by atoms with Crippen LogP contribution < -0.4 is 5.32 Å². The highest BCUT2D eigenvalue weighted by Crippen LogP contribution is 2.40. The molecule has 0 aliphatic carbocycles. The topological polar surface area (TPSA) is 83.6 Å². The monoisotopic (exact) mass is 321 g/mol. The Morgan fingerprint density at radius 1 is 1.12 bits per heavy atom. The van der Waals surface area contributed by atoms with Crippen LogP contribution in [0.2, 0.25) is 0 Å². The average Bonchev–Trinajstić information content (AvgIpc) is 3.02. The van der Waals surface area contributed by atoms with Gasteiger partial charge in [0.2, 0.25) is 5.91 Å². The van der Waals surface area contributed by atoms with Gasteiger partial charge in [0.1, 0.15) is 5.82 Å². The first-order chi connectivity index (χ1) is 11.4. The molecular formula is C18H19N5O. The minimum atomic E-state index is -0.100. The van der Waals surface area contributed by atoms with Crippen molar-refractivity contribution >= 4 is 22.5 Å². The molecule has 6 nitrogen and oxygen atoms in total. The second-order valence-corrected chi connectivity index (χ2v) is 7.26. The van der Waals surface area contributed by atoms with E-state index in [-0.39, 0.29) is 17.2 Å². The van der Waals surface area contributed by atoms with Gasteiger partial charge >= 0.3 is 0 Å². The van der Waals surface area contributed by atoms with Gasteiger partial charge in [0.05, 0.1) is 11.7 Å². The van der Waals surface area contributed by atoms with Crippen molar-refractivity contribution in [3.05, 3.63) is 47.7 Å². The van der Waals surface area contributed by atoms with E-state index in [1.54, 1.807) is 6.20 Å². The number of nitrogens with zero attached hydrogens (tertiary/aromatic N) is 3. The van der Waals surface area contributed by atoms with Gasteiger partial charge in [0, 0.05) is 46.8 Å². The largest absolute Gasteiger partial charge is 0.326 e. The molecular weight excluding hydrogens is 302 g/mol. The maximum absolute atomic E-state index is 12.1. The van der Waals surface area contributed by atoms with Crippen LogP contribution in [0, 0.1) is 0 Å². The number of carbonyl (C=O) groups excluding carboxylic acids is 1. The van der Waals surface area contributed by atoms with E-state index in [1.807, 2.05) is 24.5 Å². The highest BCUT2D eigenvalue weighted by molar-refractivity contribution is 6.00. The lowest BCUT2D eigenvalue weighted by molar-refractivity contribution is -0.116. The summed E-state index contributed by atoms with van der Waals surface area (Å²) in [5.74, 6) is 0.727. The maximum atomic E-state index is 12.1. The summed E-state index contributed by atoms with van der Waals surface area (Å²) in [5.41, 5.74) is 3.68. The summed E-state index contributed by atoms with van der Waals surface area (Å²) in [4.78, 5) is 21.2. The average molecular weight is 321 g/mol. The molecule has 4 rings (SSSR count). The predicted molar refractivity (Wildman–Crippen MR) is 91.9 cm³/mol. The van der Waals surface area contributed by atoms with E-state index in [4.69, 9.17) is 0 Å². The summed E-state index contributed by atoms with van der Waals surface area (Å²) in [6, 6.07) is 3.89. The molecule has 0 bridgehead atoms. The number of benzene rings is 1. The third-order valence-electron chi connectivity index (χ3n) is 4.41. The molecule has 6 heteroatoms. The Bertz CT molecular complexity index is 921. The molecule has 0 radical (unpaired) electrons. The number of aromatic nitrogens is 4. The van der Waals surface area contributed by atoms with Crippen LogP contribution in [0.1, 0.15) is 50.1 Å². The molecule has 0 fully saturated rings. The van der Waals surface area contributed by atoms with Crippen LogP contribution >= 0.6 is 0 Å². The molecule has 1 aliphatic heterocycles. The van der Waals surface area contributed by atoms with Crippen LogP contribution in [0.4, 0.5) is 5.69 Å². The van der Waals surface area contributed by atoms with E-state index >= 15 is 0 Å². The molecule has 2 aromatic heterocycles. The fourth-order valence-electron chi connectivity index (χ4n) is 3.18. The maximum Gasteiger partial charge on any atom is 0.225 e. The highest BCUT2D eigenvalue weighted by Gasteiger charge is 2.30. The number of rotatable bonds is 1. The van der Waals surface area contributed by atoms with Crippen molar-refractivity contribution in [3.8, 4) is 0 Å². The van der Waals surface area contributed by atoms with E-state index < -0.39 is 0 Å². The van der Waals surface area contributed by atoms with Crippen LogP contribution in [-0.4, -0.2) is 26.1 Å². The number of fused-ring (bicyclic) bond motifs is 3. The first kappa shape index (κ1) is 14.8. The zero-order chi connectivity index (χ0) is 16.9. The number of hydrogen-bond acceptors (Lipinski definition) is 4. The van der Waals surface area contributed by atoms with Crippen LogP contribution in [0.5, 0.6) is 0 Å². The Balaban J connectivity index is 1.85. The molecule has 0 saturated heterocycles. The minimum Gasteiger partial charge on any atom is -0.326 e. The van der Waals surface area contributed by atoms with E-state index in [1.165, 1.54) is 0 Å². The standard InChI is InChI=1S/C18H19N5O/c1-18(2,3)17-19-7-11(8-20-17)12-6-14(24)22-13-5-4-10-9-21-23-16(10)15(12)13/h4-5,7-9,12H,6H2,1-3H3,(H,21,23)(H,22,24). The second-order valence-electron chi connectivity index (χ2n) is 7.26. The summed E-state index contributed by atoms with van der Waals surface area (Å²) >= 11 is 0. The molecule has 0 saturated carbocycles. The summed E-state index contributed by atoms with van der Waals surface area (Å²) in [6.07, 6.45) is 5.86. The molecule has 1 aromatic carbocycles. The van der Waals surface area contributed by atoms with Crippen LogP contribution in [0.15, 0.2) is 30.7 Å². The first-order valence-corrected chi connectivity index (χ1v) is 8.02. The molecule has 24 heavy (non-hydrogen) atoms. The summed E-state index contributed by atoms with van der Waals surface area (Å²) in [7, 11) is 0. The van der Waals surface area contributed by atoms with Gasteiger partial charge < -0.3 is 5.32 Å². The molecule has 3 heterocycles. The first-order valence-electron chi connectivity index (χ1n) is 8.02. The van der Waals surface area contributed by atoms with Gasteiger partial charge in [-0.1, -0.05) is 20.8 Å². The normalized spacial score (nSPS) is 17.6. The van der Waals surface area contributed by atoms with E-state index in [9.17, 15) is 4.79 Å². The quantitative estimate of drug-likeness (QED) is 0.721. The van der Waals surface area contributed by atoms with Crippen molar-refractivity contribution < 1.29 is 4.79 Å². The van der Waals surface area contributed by atoms with Crippen molar-refractivity contribution in [2.24, 2.45) is 0 Å². The lowest BCUT2D eigenvalue weighted by Gasteiger charge is -2.26. The number of nitrogens with one attached hydrogen (secondary N) is 2. The van der Waals surface area contributed by atoms with Crippen LogP contribution in [0.25, 0.3) is 10.9 Å². The number of anilines is 1. The van der Waals surface area contributed by atoms with E-state index in [0.29, 0.717) is 6.42 Å². The third-order valence-corrected chi connectivity index (χ3v) is 4.41. The van der Waals surface area contributed by atoms with Gasteiger partial charge in [-0.25, -0.2) is 9.97 Å². The molecule has 122 valence electrons. The zero-order valence-corrected chi connectivity index (χ0v) is 13.9. The molecule has 2 N–H and O–H groups in total. The van der Waals surface area contributed by atoms with E-state index in [0.717, 1.165) is 33.5 Å². The third kappa shape index (κ3) is 2.35. The fraction of sp³-hybridized carbons (Fsp3) is 0.333. The molecule has 3 aromatic rings. The summed E-state index contributed by atoms with van der Waals surface area (Å²) in [6.45, 7) is 6.25. The van der Waals surface area contributed by atoms with Crippen molar-refractivity contribution in [3.63, 3.8) is 0 Å². The number of carbonyl (C=O) groups is 1. The molecule has 1 atom stereocenters. The predicted octanol–water partition coefficient (Wildman–Crippen LogP) is 3.12. The summed E-state index contributed by atoms with van der Waals surface area (Å²) in [5, 5.41) is 11.2. The molecule has 1 amide bonds. The number of hydrogen-bond donors (Lipinski definition) is 2. The number of amides is 1. The lowest BCUT2D eigenvalue weighted by Crippen LogP contribution is -2.24. The van der Waals surface area contributed by atoms with Gasteiger partial charge in [0.25, 0.3) is 0 Å². The van der Waals surface area contributed by atoms with Gasteiger partial charge in [-0.3, -0.25) is 9.89 Å². The van der Waals surface area contributed by atoms with Crippen molar-refractivity contribution in [1.29, 1.82) is 0 Å². The Labute approximate surface area is 139 Å². The zero-order valence-electron chi connectivity index (χ0n) is 13.9. The summed E-state index contributed by atoms with van der Waals surface area (Å²) < 4.78 is 0. The highest BCUT2D eigenvalue weighted by atomic mass is 16.1. The van der Waals surface area contributed by atoms with E-state index in [2.05, 4.69) is 46.3 Å². The van der Waals surface area contributed by atoms with Crippen molar-refractivity contribution in [2.45, 2.75) is 38.5 Å². The Morgan fingerprint density at radius 3 is 2.58 bits per heavy atom. The Hall–Kier alpha value is -2.76. The molecule has 0 spiro atoms. The number of aromatic amines is 1. The fourth-order valence-corrected chi connectivity index (χ4v) is 3.18. The second kappa shape index (κ2) is 5.12. The lowest BCUT2D eigenvalue weighted by atomic mass is 9.84.